The van der Waals surface area contributed by atoms with Crippen molar-refractivity contribution >= 4 is 12.6 Å². The van der Waals surface area contributed by atoms with E-state index in [2.05, 4.69) is 0 Å². The van der Waals surface area contributed by atoms with E-state index < -0.39 is 12.9 Å². The average Bonchev–Trinajstić information content (AvgIpc) is 2.27. The fraction of sp³-hybridized carbons (Fsp3) is 0.455. The number of halogens is 1. The van der Waals surface area contributed by atoms with Crippen molar-refractivity contribution in [3.63, 3.8) is 0 Å². The van der Waals surface area contributed by atoms with E-state index in [0.717, 1.165) is 6.07 Å². The third-order valence-electron chi connectivity index (χ3n) is 2.31. The van der Waals surface area contributed by atoms with E-state index in [0.29, 0.717) is 12.2 Å². The highest BCUT2D eigenvalue weighted by Gasteiger charge is 2.17. The molecule has 0 aliphatic heterocycles. The third-order valence-corrected chi connectivity index (χ3v) is 2.31. The Kier molecular flexibility index (Phi) is 5.57. The first-order valence-corrected chi connectivity index (χ1v) is 5.29. The van der Waals surface area contributed by atoms with Crippen molar-refractivity contribution in [2.75, 3.05) is 13.7 Å². The summed E-state index contributed by atoms with van der Waals surface area (Å²) in [7, 11) is -0.136. The molecule has 0 saturated carbocycles. The number of hydrogen-bond acceptors (Lipinski definition) is 4. The number of rotatable bonds is 6. The summed E-state index contributed by atoms with van der Waals surface area (Å²) in [6, 6.07) is 3.82. The lowest BCUT2D eigenvalue weighted by molar-refractivity contribution is 0.0000826. The van der Waals surface area contributed by atoms with E-state index in [4.69, 9.17) is 19.5 Å². The SMILES string of the molecule is COCC(C)OCc1ccc(F)cc1B(O)O. The molecule has 0 heterocycles. The van der Waals surface area contributed by atoms with Crippen LogP contribution in [0.15, 0.2) is 18.2 Å². The summed E-state index contributed by atoms with van der Waals surface area (Å²) in [5.74, 6) is -0.512. The van der Waals surface area contributed by atoms with Gasteiger partial charge in [-0.15, -0.1) is 0 Å². The third kappa shape index (κ3) is 4.43. The molecule has 1 aromatic rings. The molecule has 0 radical (unpaired) electrons. The number of methoxy groups -OCH3 is 1. The molecule has 1 aromatic carbocycles. The predicted octanol–water partition coefficient (Wildman–Crippen LogP) is 0.0570. The van der Waals surface area contributed by atoms with Gasteiger partial charge in [-0.1, -0.05) is 6.07 Å². The molecule has 17 heavy (non-hydrogen) atoms. The number of benzene rings is 1. The Balaban J connectivity index is 2.70. The molecule has 0 bridgehead atoms. The highest BCUT2D eigenvalue weighted by atomic mass is 19.1. The lowest BCUT2D eigenvalue weighted by Crippen LogP contribution is -2.34. The minimum Gasteiger partial charge on any atom is -0.423 e. The number of hydrogen-bond donors (Lipinski definition) is 2. The molecule has 0 spiro atoms. The van der Waals surface area contributed by atoms with E-state index in [1.807, 2.05) is 6.92 Å². The monoisotopic (exact) mass is 242 g/mol. The van der Waals surface area contributed by atoms with Gasteiger partial charge in [0.25, 0.3) is 0 Å². The highest BCUT2D eigenvalue weighted by molar-refractivity contribution is 6.59. The van der Waals surface area contributed by atoms with Crippen LogP contribution in [0.25, 0.3) is 0 Å². The van der Waals surface area contributed by atoms with Gasteiger partial charge in [0.05, 0.1) is 19.3 Å². The molecular weight excluding hydrogens is 226 g/mol. The molecule has 0 amide bonds. The van der Waals surface area contributed by atoms with Crippen molar-refractivity contribution in [2.24, 2.45) is 0 Å². The van der Waals surface area contributed by atoms with Crippen LogP contribution in [-0.4, -0.2) is 37.0 Å². The topological polar surface area (TPSA) is 58.9 Å². The second-order valence-corrected chi connectivity index (χ2v) is 3.79. The maximum absolute atomic E-state index is 12.9. The van der Waals surface area contributed by atoms with Crippen molar-refractivity contribution in [2.45, 2.75) is 19.6 Å². The van der Waals surface area contributed by atoms with Gasteiger partial charge in [0, 0.05) is 7.11 Å². The van der Waals surface area contributed by atoms with Crippen molar-refractivity contribution in [1.29, 1.82) is 0 Å². The van der Waals surface area contributed by atoms with Crippen LogP contribution < -0.4 is 5.46 Å². The summed E-state index contributed by atoms with van der Waals surface area (Å²) in [5, 5.41) is 18.2. The molecule has 0 aliphatic carbocycles. The van der Waals surface area contributed by atoms with Crippen LogP contribution in [0.4, 0.5) is 4.39 Å². The van der Waals surface area contributed by atoms with E-state index in [-0.39, 0.29) is 18.2 Å². The van der Waals surface area contributed by atoms with Crippen LogP contribution in [0.1, 0.15) is 12.5 Å². The van der Waals surface area contributed by atoms with Gasteiger partial charge in [-0.2, -0.15) is 0 Å². The summed E-state index contributed by atoms with van der Waals surface area (Å²) >= 11 is 0. The normalized spacial score (nSPS) is 12.5. The standard InChI is InChI=1S/C11H16BFO4/c1-8(6-16-2)17-7-9-3-4-10(13)5-11(9)12(14)15/h3-5,8,14-15H,6-7H2,1-2H3. The Bertz CT molecular complexity index is 359. The van der Waals surface area contributed by atoms with Crippen LogP contribution in [0, 0.1) is 5.82 Å². The Hall–Kier alpha value is -0.945. The highest BCUT2D eigenvalue weighted by Crippen LogP contribution is 2.05. The van der Waals surface area contributed by atoms with Gasteiger partial charge in [0.2, 0.25) is 0 Å². The van der Waals surface area contributed by atoms with Crippen molar-refractivity contribution in [1.82, 2.24) is 0 Å². The van der Waals surface area contributed by atoms with Crippen LogP contribution >= 0.6 is 0 Å². The maximum atomic E-state index is 12.9. The molecule has 94 valence electrons. The minimum atomic E-state index is -1.71. The van der Waals surface area contributed by atoms with Gasteiger partial charge in [-0.3, -0.25) is 0 Å². The van der Waals surface area contributed by atoms with Crippen molar-refractivity contribution in [3.05, 3.63) is 29.6 Å². The molecule has 0 fully saturated rings. The van der Waals surface area contributed by atoms with Crippen LogP contribution in [0.5, 0.6) is 0 Å². The van der Waals surface area contributed by atoms with Gasteiger partial charge in [-0.25, -0.2) is 4.39 Å². The Morgan fingerprint density at radius 3 is 2.71 bits per heavy atom. The summed E-state index contributed by atoms with van der Waals surface area (Å²) in [4.78, 5) is 0. The molecule has 4 nitrogen and oxygen atoms in total. The first kappa shape index (κ1) is 14.1. The molecule has 1 atom stereocenters. The van der Waals surface area contributed by atoms with Crippen molar-refractivity contribution < 1.29 is 23.9 Å². The predicted molar refractivity (Wildman–Crippen MR) is 62.4 cm³/mol. The fourth-order valence-electron chi connectivity index (χ4n) is 1.45. The lowest BCUT2D eigenvalue weighted by atomic mass is 9.77. The fourth-order valence-corrected chi connectivity index (χ4v) is 1.45. The zero-order chi connectivity index (χ0) is 12.8. The Morgan fingerprint density at radius 2 is 2.12 bits per heavy atom. The molecule has 2 N–H and O–H groups in total. The van der Waals surface area contributed by atoms with Gasteiger partial charge in [0.15, 0.2) is 0 Å². The molecule has 1 rings (SSSR count). The van der Waals surface area contributed by atoms with E-state index >= 15 is 0 Å². The van der Waals surface area contributed by atoms with Crippen LogP contribution in [0.3, 0.4) is 0 Å². The second kappa shape index (κ2) is 6.71. The first-order valence-electron chi connectivity index (χ1n) is 5.29. The second-order valence-electron chi connectivity index (χ2n) is 3.79. The average molecular weight is 242 g/mol. The van der Waals surface area contributed by atoms with Crippen molar-refractivity contribution in [3.8, 4) is 0 Å². The van der Waals surface area contributed by atoms with Gasteiger partial charge < -0.3 is 19.5 Å². The molecule has 1 unspecified atom stereocenters. The van der Waals surface area contributed by atoms with Gasteiger partial charge >= 0.3 is 7.12 Å². The largest absolute Gasteiger partial charge is 0.488 e. The molecule has 6 heteroatoms. The van der Waals surface area contributed by atoms with Gasteiger partial charge in [-0.05, 0) is 30.1 Å². The smallest absolute Gasteiger partial charge is 0.423 e. The Labute approximate surface area is 100 Å². The lowest BCUT2D eigenvalue weighted by Gasteiger charge is -2.14. The zero-order valence-electron chi connectivity index (χ0n) is 9.89. The summed E-state index contributed by atoms with van der Waals surface area (Å²) in [6.45, 7) is 2.46. The maximum Gasteiger partial charge on any atom is 0.488 e. The molecule has 0 saturated heterocycles. The van der Waals surface area contributed by atoms with Crippen LogP contribution in [0.2, 0.25) is 0 Å². The summed E-state index contributed by atoms with van der Waals surface area (Å²) < 4.78 is 23.3. The van der Waals surface area contributed by atoms with E-state index in [1.54, 1.807) is 7.11 Å². The molecule has 0 aliphatic rings. The molecule has 0 aromatic heterocycles. The summed E-state index contributed by atoms with van der Waals surface area (Å²) in [5.41, 5.74) is 0.666. The quantitative estimate of drug-likeness (QED) is 0.692. The Morgan fingerprint density at radius 1 is 1.41 bits per heavy atom. The van der Waals surface area contributed by atoms with E-state index in [1.165, 1.54) is 12.1 Å². The summed E-state index contributed by atoms with van der Waals surface area (Å²) in [6.07, 6.45) is -0.117. The molecular formula is C11H16BFO4. The van der Waals surface area contributed by atoms with E-state index in [9.17, 15) is 4.39 Å². The number of ether oxygens (including phenoxy) is 2. The van der Waals surface area contributed by atoms with Crippen LogP contribution in [-0.2, 0) is 16.1 Å². The zero-order valence-corrected chi connectivity index (χ0v) is 9.89. The minimum absolute atomic E-state index is 0.117. The first-order chi connectivity index (χ1) is 8.04. The van der Waals surface area contributed by atoms with Gasteiger partial charge in [0.1, 0.15) is 5.82 Å².